The summed E-state index contributed by atoms with van der Waals surface area (Å²) in [5.41, 5.74) is 0.306. The van der Waals surface area contributed by atoms with E-state index in [1.807, 2.05) is 0 Å². The van der Waals surface area contributed by atoms with Gasteiger partial charge in [0.2, 0.25) is 0 Å². The quantitative estimate of drug-likeness (QED) is 0.296. The third-order valence-corrected chi connectivity index (χ3v) is 3.55. The lowest BCUT2D eigenvalue weighted by atomic mass is 10.1. The molecule has 1 aliphatic heterocycles. The average molecular weight is 339 g/mol. The van der Waals surface area contributed by atoms with Crippen LogP contribution in [0.2, 0.25) is 0 Å². The lowest BCUT2D eigenvalue weighted by Crippen LogP contribution is -2.30. The van der Waals surface area contributed by atoms with Gasteiger partial charge in [-0.15, -0.1) is 6.58 Å². The second kappa shape index (κ2) is 6.44. The second-order valence-corrected chi connectivity index (χ2v) is 5.17. The van der Waals surface area contributed by atoms with E-state index in [1.165, 1.54) is 18.2 Å². The molecule has 0 saturated carbocycles. The van der Waals surface area contributed by atoms with Crippen molar-refractivity contribution in [3.63, 3.8) is 0 Å². The van der Waals surface area contributed by atoms with Gasteiger partial charge in [-0.2, -0.15) is 0 Å². The Labute approximate surface area is 142 Å². The summed E-state index contributed by atoms with van der Waals surface area (Å²) in [6.07, 6.45) is 2.82. The van der Waals surface area contributed by atoms with Gasteiger partial charge >= 0.3 is 6.03 Å². The van der Waals surface area contributed by atoms with Gasteiger partial charge in [-0.25, -0.2) is 4.79 Å². The molecule has 0 spiro atoms. The number of urea groups is 1. The summed E-state index contributed by atoms with van der Waals surface area (Å²) < 4.78 is 5.58. The number of nitro benzene ring substituents is 1. The zero-order valence-corrected chi connectivity index (χ0v) is 13.0. The monoisotopic (exact) mass is 339 g/mol. The predicted molar refractivity (Wildman–Crippen MR) is 89.2 cm³/mol. The number of para-hydroxylation sites is 1. The minimum absolute atomic E-state index is 0.0651. The Hall–Kier alpha value is -3.68. The number of rotatable bonds is 5. The first-order chi connectivity index (χ1) is 12.0. The van der Waals surface area contributed by atoms with Crippen LogP contribution < -0.4 is 5.32 Å². The largest absolute Gasteiger partial charge is 0.456 e. The molecule has 0 bridgehead atoms. The van der Waals surface area contributed by atoms with Crippen molar-refractivity contribution in [2.24, 2.45) is 0 Å². The van der Waals surface area contributed by atoms with E-state index >= 15 is 0 Å². The Bertz CT molecular complexity index is 913. The molecule has 1 fully saturated rings. The molecule has 1 aliphatic rings. The molecule has 8 heteroatoms. The molecule has 1 N–H and O–H groups in total. The standard InChI is InChI=1S/C17H13N3O5/c1-2-9-19-16(21)13(18-17(19)22)10-11-7-8-15(25-11)12-5-3-4-6-14(12)20(23)24/h2-8,10H,1,9H2,(H,18,22)/b13-10-. The molecular formula is C17H13N3O5. The van der Waals surface area contributed by atoms with Crippen molar-refractivity contribution in [2.75, 3.05) is 6.54 Å². The highest BCUT2D eigenvalue weighted by Crippen LogP contribution is 2.31. The second-order valence-electron chi connectivity index (χ2n) is 5.17. The van der Waals surface area contributed by atoms with Crippen LogP contribution in [0, 0.1) is 10.1 Å². The highest BCUT2D eigenvalue weighted by molar-refractivity contribution is 6.13. The molecule has 2 aromatic rings. The van der Waals surface area contributed by atoms with Crippen molar-refractivity contribution >= 4 is 23.7 Å². The molecule has 0 radical (unpaired) electrons. The number of benzene rings is 1. The maximum absolute atomic E-state index is 12.1. The van der Waals surface area contributed by atoms with Crippen molar-refractivity contribution in [2.45, 2.75) is 0 Å². The molecule has 1 aromatic heterocycles. The summed E-state index contributed by atoms with van der Waals surface area (Å²) in [7, 11) is 0. The topological polar surface area (TPSA) is 106 Å². The van der Waals surface area contributed by atoms with Crippen molar-refractivity contribution in [1.29, 1.82) is 0 Å². The molecule has 0 unspecified atom stereocenters. The summed E-state index contributed by atoms with van der Waals surface area (Å²) in [5, 5.41) is 13.6. The van der Waals surface area contributed by atoms with Crippen LogP contribution in [0.15, 0.2) is 59.2 Å². The van der Waals surface area contributed by atoms with Gasteiger partial charge < -0.3 is 9.73 Å². The van der Waals surface area contributed by atoms with E-state index in [4.69, 9.17) is 4.42 Å². The molecule has 3 rings (SSSR count). The maximum Gasteiger partial charge on any atom is 0.329 e. The highest BCUT2D eigenvalue weighted by Gasteiger charge is 2.32. The number of imide groups is 1. The minimum Gasteiger partial charge on any atom is -0.456 e. The van der Waals surface area contributed by atoms with E-state index in [1.54, 1.807) is 30.3 Å². The van der Waals surface area contributed by atoms with Crippen LogP contribution in [0.25, 0.3) is 17.4 Å². The number of hydrogen-bond acceptors (Lipinski definition) is 5. The lowest BCUT2D eigenvalue weighted by Gasteiger charge is -2.06. The molecule has 126 valence electrons. The molecule has 0 aliphatic carbocycles. The van der Waals surface area contributed by atoms with Gasteiger partial charge in [-0.3, -0.25) is 19.8 Å². The molecule has 2 heterocycles. The summed E-state index contributed by atoms with van der Waals surface area (Å²) in [6.45, 7) is 3.59. The van der Waals surface area contributed by atoms with E-state index in [-0.39, 0.29) is 23.7 Å². The number of furan rings is 1. The van der Waals surface area contributed by atoms with Gasteiger partial charge in [0, 0.05) is 18.7 Å². The number of nitrogens with zero attached hydrogens (tertiary/aromatic N) is 2. The Morgan fingerprint density at radius 3 is 2.72 bits per heavy atom. The van der Waals surface area contributed by atoms with Crippen LogP contribution in [0.4, 0.5) is 10.5 Å². The van der Waals surface area contributed by atoms with Gasteiger partial charge in [0.05, 0.1) is 10.5 Å². The third-order valence-electron chi connectivity index (χ3n) is 3.55. The van der Waals surface area contributed by atoms with Gasteiger partial charge in [0.15, 0.2) is 0 Å². The van der Waals surface area contributed by atoms with Crippen LogP contribution in [-0.4, -0.2) is 28.3 Å². The van der Waals surface area contributed by atoms with Crippen molar-refractivity contribution in [3.05, 3.63) is 70.6 Å². The normalized spacial score (nSPS) is 15.5. The Balaban J connectivity index is 1.91. The van der Waals surface area contributed by atoms with Crippen molar-refractivity contribution < 1.29 is 18.9 Å². The zero-order valence-electron chi connectivity index (χ0n) is 13.0. The van der Waals surface area contributed by atoms with Gasteiger partial charge in [-0.05, 0) is 18.2 Å². The first-order valence-electron chi connectivity index (χ1n) is 7.30. The Morgan fingerprint density at radius 1 is 1.24 bits per heavy atom. The predicted octanol–water partition coefficient (Wildman–Crippen LogP) is 2.93. The summed E-state index contributed by atoms with van der Waals surface area (Å²) in [5.74, 6) is 0.0877. The smallest absolute Gasteiger partial charge is 0.329 e. The van der Waals surface area contributed by atoms with Crippen molar-refractivity contribution in [3.8, 4) is 11.3 Å². The molecular weight excluding hydrogens is 326 g/mol. The summed E-state index contributed by atoms with van der Waals surface area (Å²) >= 11 is 0. The van der Waals surface area contributed by atoms with Crippen LogP contribution in [0.5, 0.6) is 0 Å². The number of amides is 3. The molecule has 8 nitrogen and oxygen atoms in total. The van der Waals surface area contributed by atoms with Crippen molar-refractivity contribution in [1.82, 2.24) is 10.2 Å². The molecule has 1 aromatic carbocycles. The number of carbonyl (C=O) groups is 2. The fourth-order valence-electron chi connectivity index (χ4n) is 2.43. The van der Waals surface area contributed by atoms with Crippen LogP contribution in [0.3, 0.4) is 0 Å². The number of nitrogens with one attached hydrogen (secondary N) is 1. The first kappa shape index (κ1) is 16.2. The zero-order chi connectivity index (χ0) is 18.0. The fraction of sp³-hybridized carbons (Fsp3) is 0.0588. The maximum atomic E-state index is 12.1. The van der Waals surface area contributed by atoms with Crippen LogP contribution in [0.1, 0.15) is 5.76 Å². The first-order valence-corrected chi connectivity index (χ1v) is 7.30. The van der Waals surface area contributed by atoms with E-state index < -0.39 is 16.9 Å². The van der Waals surface area contributed by atoms with Gasteiger partial charge in [0.25, 0.3) is 11.6 Å². The Morgan fingerprint density at radius 2 is 2.00 bits per heavy atom. The van der Waals surface area contributed by atoms with Crippen LogP contribution in [-0.2, 0) is 4.79 Å². The SMILES string of the molecule is C=CCN1C(=O)N/C(=C\c2ccc(-c3ccccc3[N+](=O)[O-])o2)C1=O. The minimum atomic E-state index is -0.540. The number of hydrogen-bond donors (Lipinski definition) is 1. The molecule has 0 atom stereocenters. The summed E-state index contributed by atoms with van der Waals surface area (Å²) in [6, 6.07) is 8.77. The van der Waals surface area contributed by atoms with E-state index in [2.05, 4.69) is 11.9 Å². The lowest BCUT2D eigenvalue weighted by molar-refractivity contribution is -0.384. The molecule has 3 amide bonds. The van der Waals surface area contributed by atoms with Gasteiger partial charge in [-0.1, -0.05) is 18.2 Å². The van der Waals surface area contributed by atoms with E-state index in [0.717, 1.165) is 4.90 Å². The summed E-state index contributed by atoms with van der Waals surface area (Å²) in [4.78, 5) is 35.5. The number of carbonyl (C=O) groups excluding carboxylic acids is 2. The fourth-order valence-corrected chi connectivity index (χ4v) is 2.43. The van der Waals surface area contributed by atoms with Gasteiger partial charge in [0.1, 0.15) is 17.2 Å². The third kappa shape index (κ3) is 3.05. The molecule has 25 heavy (non-hydrogen) atoms. The Kier molecular flexibility index (Phi) is 4.17. The highest BCUT2D eigenvalue weighted by atomic mass is 16.6. The van der Waals surface area contributed by atoms with E-state index in [0.29, 0.717) is 11.3 Å². The molecule has 1 saturated heterocycles. The number of nitro groups is 1. The average Bonchev–Trinajstić information content (AvgIpc) is 3.16. The van der Waals surface area contributed by atoms with Crippen LogP contribution >= 0.6 is 0 Å². The van der Waals surface area contributed by atoms with E-state index in [9.17, 15) is 19.7 Å².